The number of ether oxygens (including phenoxy) is 1. The van der Waals surface area contributed by atoms with Crippen LogP contribution < -0.4 is 4.74 Å². The van der Waals surface area contributed by atoms with Crippen molar-refractivity contribution in [3.63, 3.8) is 0 Å². The van der Waals surface area contributed by atoms with Crippen LogP contribution in [0.25, 0.3) is 0 Å². The van der Waals surface area contributed by atoms with E-state index in [1.54, 1.807) is 13.0 Å². The predicted octanol–water partition coefficient (Wildman–Crippen LogP) is 3.41. The van der Waals surface area contributed by atoms with E-state index in [9.17, 15) is 18.3 Å². The van der Waals surface area contributed by atoms with Crippen LogP contribution in [0, 0.1) is 12.8 Å². The van der Waals surface area contributed by atoms with Gasteiger partial charge in [0.2, 0.25) is 0 Å². The van der Waals surface area contributed by atoms with Crippen molar-refractivity contribution >= 4 is 0 Å². The molecule has 1 aromatic carbocycles. The van der Waals surface area contributed by atoms with Crippen LogP contribution in [0.5, 0.6) is 5.75 Å². The van der Waals surface area contributed by atoms with Crippen molar-refractivity contribution < 1.29 is 23.0 Å². The molecule has 0 aliphatic heterocycles. The third-order valence-electron chi connectivity index (χ3n) is 3.03. The van der Waals surface area contributed by atoms with Crippen molar-refractivity contribution in [2.24, 2.45) is 5.92 Å². The van der Waals surface area contributed by atoms with E-state index in [1.807, 2.05) is 0 Å². The maximum atomic E-state index is 13.2. The number of rotatable bonds is 3. The molecule has 1 unspecified atom stereocenters. The van der Waals surface area contributed by atoms with Crippen molar-refractivity contribution in [3.8, 4) is 5.75 Å². The van der Waals surface area contributed by atoms with E-state index >= 15 is 0 Å². The number of methoxy groups -OCH3 is 1. The second-order valence-corrected chi connectivity index (χ2v) is 4.62. The SMILES string of the molecule is COc1ccc(C)cc1C(O)(C(C)C)C(F)(F)F. The molecule has 0 saturated heterocycles. The minimum atomic E-state index is -4.76. The molecule has 1 rings (SSSR count). The summed E-state index contributed by atoms with van der Waals surface area (Å²) >= 11 is 0. The van der Waals surface area contributed by atoms with Crippen LogP contribution in [0.4, 0.5) is 13.2 Å². The molecule has 0 aromatic heterocycles. The molecule has 1 aromatic rings. The molecule has 0 bridgehead atoms. The van der Waals surface area contributed by atoms with Gasteiger partial charge in [-0.15, -0.1) is 0 Å². The fourth-order valence-corrected chi connectivity index (χ4v) is 1.91. The molecule has 0 fully saturated rings. The Kier molecular flexibility index (Phi) is 3.96. The van der Waals surface area contributed by atoms with Crippen LogP contribution in [-0.2, 0) is 5.60 Å². The Balaban J connectivity index is 3.53. The first kappa shape index (κ1) is 14.8. The fourth-order valence-electron chi connectivity index (χ4n) is 1.91. The van der Waals surface area contributed by atoms with Crippen molar-refractivity contribution in [3.05, 3.63) is 29.3 Å². The minimum Gasteiger partial charge on any atom is -0.496 e. The number of hydrogen-bond donors (Lipinski definition) is 1. The van der Waals surface area contributed by atoms with Crippen LogP contribution >= 0.6 is 0 Å². The maximum Gasteiger partial charge on any atom is 0.421 e. The van der Waals surface area contributed by atoms with Gasteiger partial charge in [0.15, 0.2) is 5.60 Å². The Morgan fingerprint density at radius 2 is 1.78 bits per heavy atom. The molecule has 0 heterocycles. The van der Waals surface area contributed by atoms with E-state index in [4.69, 9.17) is 4.74 Å². The number of hydrogen-bond acceptors (Lipinski definition) is 2. The zero-order valence-electron chi connectivity index (χ0n) is 10.8. The number of aliphatic hydroxyl groups is 1. The molecule has 5 heteroatoms. The summed E-state index contributed by atoms with van der Waals surface area (Å²) in [5, 5.41) is 10.1. The van der Waals surface area contributed by atoms with Gasteiger partial charge in [0.05, 0.1) is 7.11 Å². The van der Waals surface area contributed by atoms with E-state index in [-0.39, 0.29) is 11.3 Å². The molecule has 102 valence electrons. The molecule has 0 amide bonds. The lowest BCUT2D eigenvalue weighted by atomic mass is 9.81. The van der Waals surface area contributed by atoms with Crippen molar-refractivity contribution in [1.29, 1.82) is 0 Å². The van der Waals surface area contributed by atoms with Gasteiger partial charge in [-0.1, -0.05) is 25.5 Å². The third-order valence-corrected chi connectivity index (χ3v) is 3.03. The van der Waals surface area contributed by atoms with Crippen molar-refractivity contribution in [1.82, 2.24) is 0 Å². The van der Waals surface area contributed by atoms with Crippen LogP contribution in [0.2, 0.25) is 0 Å². The summed E-state index contributed by atoms with van der Waals surface area (Å²) in [5.41, 5.74) is -2.52. The summed E-state index contributed by atoms with van der Waals surface area (Å²) in [6.45, 7) is 4.32. The summed E-state index contributed by atoms with van der Waals surface area (Å²) in [7, 11) is 1.28. The molecule has 0 spiro atoms. The van der Waals surface area contributed by atoms with Gasteiger partial charge in [0.1, 0.15) is 5.75 Å². The highest BCUT2D eigenvalue weighted by Crippen LogP contribution is 2.47. The fraction of sp³-hybridized carbons (Fsp3) is 0.538. The zero-order chi connectivity index (χ0) is 14.1. The molecule has 0 aliphatic carbocycles. The van der Waals surface area contributed by atoms with Gasteiger partial charge in [-0.2, -0.15) is 13.2 Å². The van der Waals surface area contributed by atoms with Crippen molar-refractivity contribution in [2.45, 2.75) is 32.5 Å². The Morgan fingerprint density at radius 1 is 1.22 bits per heavy atom. The third kappa shape index (κ3) is 2.32. The summed E-state index contributed by atoms with van der Waals surface area (Å²) in [6, 6.07) is 4.38. The monoisotopic (exact) mass is 262 g/mol. The highest BCUT2D eigenvalue weighted by atomic mass is 19.4. The summed E-state index contributed by atoms with van der Waals surface area (Å²) in [6.07, 6.45) is -4.76. The molecule has 1 atom stereocenters. The molecular formula is C13H17F3O2. The molecule has 1 N–H and O–H groups in total. The average Bonchev–Trinajstić information content (AvgIpc) is 2.26. The minimum absolute atomic E-state index is 0.0362. The molecule has 0 radical (unpaired) electrons. The standard InChI is InChI=1S/C13H17F3O2/c1-8(2)12(17,13(14,15)16)10-7-9(3)5-6-11(10)18-4/h5-8,17H,1-4H3. The number of halogens is 3. The smallest absolute Gasteiger partial charge is 0.421 e. The Bertz CT molecular complexity index is 427. The second kappa shape index (κ2) is 4.80. The first-order chi connectivity index (χ1) is 8.14. The van der Waals surface area contributed by atoms with Crippen LogP contribution in [0.3, 0.4) is 0 Å². The van der Waals surface area contributed by atoms with Gasteiger partial charge in [-0.25, -0.2) is 0 Å². The number of alkyl halides is 3. The Hall–Kier alpha value is -1.23. The molecule has 0 saturated carbocycles. The maximum absolute atomic E-state index is 13.2. The average molecular weight is 262 g/mol. The van der Waals surface area contributed by atoms with Gasteiger partial charge in [0.25, 0.3) is 0 Å². The van der Waals surface area contributed by atoms with Gasteiger partial charge in [-0.05, 0) is 25.0 Å². The highest BCUT2D eigenvalue weighted by Gasteiger charge is 2.58. The molecule has 18 heavy (non-hydrogen) atoms. The Morgan fingerprint density at radius 3 is 2.17 bits per heavy atom. The quantitative estimate of drug-likeness (QED) is 0.904. The van der Waals surface area contributed by atoms with E-state index in [2.05, 4.69) is 0 Å². The normalized spacial score (nSPS) is 15.6. The predicted molar refractivity (Wildman–Crippen MR) is 62.5 cm³/mol. The number of aryl methyl sites for hydroxylation is 1. The van der Waals surface area contributed by atoms with Crippen LogP contribution in [0.15, 0.2) is 18.2 Å². The van der Waals surface area contributed by atoms with Crippen molar-refractivity contribution in [2.75, 3.05) is 7.11 Å². The molecule has 2 nitrogen and oxygen atoms in total. The van der Waals surface area contributed by atoms with Gasteiger partial charge >= 0.3 is 6.18 Å². The van der Waals surface area contributed by atoms with Crippen LogP contribution in [-0.4, -0.2) is 18.4 Å². The zero-order valence-corrected chi connectivity index (χ0v) is 10.8. The molecule has 0 aliphatic rings. The molecular weight excluding hydrogens is 245 g/mol. The largest absolute Gasteiger partial charge is 0.496 e. The topological polar surface area (TPSA) is 29.5 Å². The second-order valence-electron chi connectivity index (χ2n) is 4.62. The Labute approximate surface area is 104 Å². The summed E-state index contributed by atoms with van der Waals surface area (Å²) in [5.74, 6) is -0.984. The van der Waals surface area contributed by atoms with Gasteiger partial charge < -0.3 is 9.84 Å². The van der Waals surface area contributed by atoms with Gasteiger partial charge in [-0.3, -0.25) is 0 Å². The lowest BCUT2D eigenvalue weighted by molar-refractivity contribution is -0.283. The van der Waals surface area contributed by atoms with E-state index < -0.39 is 17.7 Å². The van der Waals surface area contributed by atoms with E-state index in [1.165, 1.54) is 33.1 Å². The van der Waals surface area contributed by atoms with Crippen LogP contribution in [0.1, 0.15) is 25.0 Å². The first-order valence-electron chi connectivity index (χ1n) is 5.58. The number of benzene rings is 1. The summed E-state index contributed by atoms with van der Waals surface area (Å²) < 4.78 is 44.5. The summed E-state index contributed by atoms with van der Waals surface area (Å²) in [4.78, 5) is 0. The highest BCUT2D eigenvalue weighted by molar-refractivity contribution is 5.42. The lowest BCUT2D eigenvalue weighted by Gasteiger charge is -2.35. The van der Waals surface area contributed by atoms with Gasteiger partial charge in [0, 0.05) is 5.56 Å². The van der Waals surface area contributed by atoms with E-state index in [0.29, 0.717) is 5.56 Å². The lowest BCUT2D eigenvalue weighted by Crippen LogP contribution is -2.47. The van der Waals surface area contributed by atoms with E-state index in [0.717, 1.165) is 0 Å². The first-order valence-corrected chi connectivity index (χ1v) is 5.58.